The first kappa shape index (κ1) is 20.8. The highest BCUT2D eigenvalue weighted by atomic mass is 32.2. The number of halogens is 1. The molecule has 2 N–H and O–H groups in total. The van der Waals surface area contributed by atoms with Crippen LogP contribution < -0.4 is 15.4 Å². The molecule has 0 atom stereocenters. The number of hydrogen-bond donors (Lipinski definition) is 2. The molecule has 0 aliphatic heterocycles. The van der Waals surface area contributed by atoms with E-state index >= 15 is 0 Å². The molecule has 7 heteroatoms. The van der Waals surface area contributed by atoms with Crippen molar-refractivity contribution in [3.63, 3.8) is 0 Å². The van der Waals surface area contributed by atoms with E-state index in [-0.39, 0.29) is 42.6 Å². The van der Waals surface area contributed by atoms with Crippen LogP contribution >= 0.6 is 11.8 Å². The van der Waals surface area contributed by atoms with Crippen LogP contribution in [-0.4, -0.2) is 36.8 Å². The van der Waals surface area contributed by atoms with Gasteiger partial charge in [-0.05, 0) is 38.1 Å². The van der Waals surface area contributed by atoms with E-state index in [1.165, 1.54) is 23.9 Å². The monoisotopic (exact) mass is 390 g/mol. The minimum Gasteiger partial charge on any atom is -0.492 e. The number of nitrogens with one attached hydrogen (secondary N) is 2. The number of amides is 2. The molecule has 0 spiro atoms. The number of benzene rings is 2. The Balaban J connectivity index is 1.84. The summed E-state index contributed by atoms with van der Waals surface area (Å²) < 4.78 is 18.5. The zero-order valence-electron chi connectivity index (χ0n) is 15.3. The van der Waals surface area contributed by atoms with Crippen LogP contribution in [0, 0.1) is 5.82 Å². The highest BCUT2D eigenvalue weighted by Gasteiger charge is 2.13. The minimum atomic E-state index is -0.371. The molecule has 5 nitrogen and oxygen atoms in total. The summed E-state index contributed by atoms with van der Waals surface area (Å²) in [5.74, 6) is -0.0372. The number of hydrogen-bond acceptors (Lipinski definition) is 4. The second-order valence-electron chi connectivity index (χ2n) is 6.07. The summed E-state index contributed by atoms with van der Waals surface area (Å²) in [6, 6.07) is 13.0. The maximum atomic E-state index is 13.1. The van der Waals surface area contributed by atoms with Crippen molar-refractivity contribution in [2.45, 2.75) is 24.8 Å². The fraction of sp³-hybridized carbons (Fsp3) is 0.300. The summed E-state index contributed by atoms with van der Waals surface area (Å²) in [5, 5.41) is 5.59. The Kier molecular flexibility index (Phi) is 8.13. The Morgan fingerprint density at radius 3 is 2.67 bits per heavy atom. The molecular formula is C20H23FN2O3S. The van der Waals surface area contributed by atoms with E-state index in [0.29, 0.717) is 11.3 Å². The van der Waals surface area contributed by atoms with E-state index < -0.39 is 0 Å². The van der Waals surface area contributed by atoms with Crippen molar-refractivity contribution in [3.05, 3.63) is 59.9 Å². The predicted molar refractivity (Wildman–Crippen MR) is 105 cm³/mol. The van der Waals surface area contributed by atoms with Gasteiger partial charge < -0.3 is 15.4 Å². The normalized spacial score (nSPS) is 10.5. The van der Waals surface area contributed by atoms with Gasteiger partial charge in [0.25, 0.3) is 5.91 Å². The summed E-state index contributed by atoms with van der Waals surface area (Å²) in [6.07, 6.45) is 0. The topological polar surface area (TPSA) is 67.4 Å². The van der Waals surface area contributed by atoms with Gasteiger partial charge in [0.2, 0.25) is 5.91 Å². The molecule has 144 valence electrons. The van der Waals surface area contributed by atoms with Gasteiger partial charge in [-0.15, -0.1) is 11.8 Å². The quantitative estimate of drug-likeness (QED) is 0.510. The molecule has 0 heterocycles. The first-order valence-electron chi connectivity index (χ1n) is 8.63. The summed E-state index contributed by atoms with van der Waals surface area (Å²) in [6.45, 7) is 4.30. The fourth-order valence-electron chi connectivity index (χ4n) is 2.27. The van der Waals surface area contributed by atoms with Crippen molar-refractivity contribution < 1.29 is 18.7 Å². The maximum absolute atomic E-state index is 13.1. The lowest BCUT2D eigenvalue weighted by Crippen LogP contribution is -2.31. The number of ether oxygens (including phenoxy) is 1. The van der Waals surface area contributed by atoms with Crippen LogP contribution in [0.15, 0.2) is 53.4 Å². The van der Waals surface area contributed by atoms with Crippen molar-refractivity contribution >= 4 is 23.6 Å². The molecule has 0 aliphatic carbocycles. The Hall–Kier alpha value is -2.54. The zero-order valence-corrected chi connectivity index (χ0v) is 16.1. The van der Waals surface area contributed by atoms with Crippen LogP contribution in [0.1, 0.15) is 24.2 Å². The van der Waals surface area contributed by atoms with Gasteiger partial charge in [-0.3, -0.25) is 9.59 Å². The summed E-state index contributed by atoms with van der Waals surface area (Å²) >= 11 is 1.32. The smallest absolute Gasteiger partial charge is 0.252 e. The minimum absolute atomic E-state index is 0.0753. The van der Waals surface area contributed by atoms with Crippen LogP contribution in [0.4, 0.5) is 4.39 Å². The van der Waals surface area contributed by atoms with E-state index in [9.17, 15) is 14.0 Å². The SMILES string of the molecule is CC(C)NC(=O)CSc1ccccc1C(=O)NCCOc1cccc(F)c1. The number of thioether (sulfide) groups is 1. The Bertz CT molecular complexity index is 783. The molecule has 2 aromatic rings. The largest absolute Gasteiger partial charge is 0.492 e. The zero-order chi connectivity index (χ0) is 19.6. The molecule has 2 aromatic carbocycles. The number of carbonyl (C=O) groups is 2. The van der Waals surface area contributed by atoms with Gasteiger partial charge in [-0.2, -0.15) is 0 Å². The third-order valence-electron chi connectivity index (χ3n) is 3.39. The predicted octanol–water partition coefficient (Wildman–Crippen LogP) is 3.25. The van der Waals surface area contributed by atoms with E-state index in [1.807, 2.05) is 26.0 Å². The van der Waals surface area contributed by atoms with Gasteiger partial charge in [0.05, 0.1) is 17.9 Å². The van der Waals surface area contributed by atoms with Crippen molar-refractivity contribution in [1.29, 1.82) is 0 Å². The summed E-state index contributed by atoms with van der Waals surface area (Å²) in [4.78, 5) is 25.0. The molecule has 0 fully saturated rings. The Morgan fingerprint density at radius 1 is 1.15 bits per heavy atom. The Labute approximate surface area is 162 Å². The maximum Gasteiger partial charge on any atom is 0.252 e. The molecule has 0 unspecified atom stereocenters. The van der Waals surface area contributed by atoms with Gasteiger partial charge in [0, 0.05) is 17.0 Å². The number of rotatable bonds is 9. The highest BCUT2D eigenvalue weighted by molar-refractivity contribution is 8.00. The molecule has 0 aromatic heterocycles. The van der Waals surface area contributed by atoms with Crippen LogP contribution in [0.5, 0.6) is 5.75 Å². The molecule has 0 saturated heterocycles. The first-order chi connectivity index (χ1) is 13.0. The van der Waals surface area contributed by atoms with Gasteiger partial charge in [-0.25, -0.2) is 4.39 Å². The second kappa shape index (κ2) is 10.6. The molecule has 0 aliphatic rings. The fourth-order valence-corrected chi connectivity index (χ4v) is 3.13. The average molecular weight is 390 g/mol. The van der Waals surface area contributed by atoms with Crippen molar-refractivity contribution in [2.24, 2.45) is 0 Å². The van der Waals surface area contributed by atoms with Gasteiger partial charge in [0.1, 0.15) is 18.2 Å². The molecule has 2 amide bonds. The van der Waals surface area contributed by atoms with Crippen LogP contribution in [0.2, 0.25) is 0 Å². The van der Waals surface area contributed by atoms with Gasteiger partial charge >= 0.3 is 0 Å². The van der Waals surface area contributed by atoms with Crippen LogP contribution in [0.3, 0.4) is 0 Å². The average Bonchev–Trinajstić information content (AvgIpc) is 2.63. The van der Waals surface area contributed by atoms with Crippen LogP contribution in [-0.2, 0) is 4.79 Å². The number of carbonyl (C=O) groups excluding carboxylic acids is 2. The molecule has 0 bridgehead atoms. The lowest BCUT2D eigenvalue weighted by molar-refractivity contribution is -0.119. The van der Waals surface area contributed by atoms with E-state index in [4.69, 9.17) is 4.74 Å². The third-order valence-corrected chi connectivity index (χ3v) is 4.47. The molecule has 0 saturated carbocycles. The third kappa shape index (κ3) is 7.30. The molecule has 27 heavy (non-hydrogen) atoms. The molecule has 2 rings (SSSR count). The van der Waals surface area contributed by atoms with Gasteiger partial charge in [0.15, 0.2) is 0 Å². The van der Waals surface area contributed by atoms with Crippen molar-refractivity contribution in [1.82, 2.24) is 10.6 Å². The van der Waals surface area contributed by atoms with E-state index in [1.54, 1.807) is 24.3 Å². The standard InChI is InChI=1S/C20H23FN2O3S/c1-14(2)23-19(24)13-27-18-9-4-3-8-17(18)20(25)22-10-11-26-16-7-5-6-15(21)12-16/h3-9,12,14H,10-11,13H2,1-2H3,(H,22,25)(H,23,24). The molecule has 0 radical (unpaired) electrons. The Morgan fingerprint density at radius 2 is 1.93 bits per heavy atom. The van der Waals surface area contributed by atoms with Crippen molar-refractivity contribution in [3.8, 4) is 5.75 Å². The molecular weight excluding hydrogens is 367 g/mol. The van der Waals surface area contributed by atoms with Gasteiger partial charge in [-0.1, -0.05) is 18.2 Å². The summed E-state index contributed by atoms with van der Waals surface area (Å²) in [7, 11) is 0. The lowest BCUT2D eigenvalue weighted by atomic mass is 10.2. The van der Waals surface area contributed by atoms with Crippen LogP contribution in [0.25, 0.3) is 0 Å². The van der Waals surface area contributed by atoms with Crippen molar-refractivity contribution in [2.75, 3.05) is 18.9 Å². The summed E-state index contributed by atoms with van der Waals surface area (Å²) in [5.41, 5.74) is 0.505. The second-order valence-corrected chi connectivity index (χ2v) is 7.09. The van der Waals surface area contributed by atoms with E-state index in [0.717, 1.165) is 4.90 Å². The highest BCUT2D eigenvalue weighted by Crippen LogP contribution is 2.22. The first-order valence-corrected chi connectivity index (χ1v) is 9.62. The van der Waals surface area contributed by atoms with E-state index in [2.05, 4.69) is 10.6 Å². The lowest BCUT2D eigenvalue weighted by Gasteiger charge is -2.11.